The first-order chi connectivity index (χ1) is 17.9. The van der Waals surface area contributed by atoms with Crippen molar-refractivity contribution in [1.29, 1.82) is 0 Å². The Morgan fingerprint density at radius 2 is 1.74 bits per heavy atom. The first kappa shape index (κ1) is 28.0. The van der Waals surface area contributed by atoms with E-state index < -0.39 is 23.8 Å². The number of amides is 1. The van der Waals surface area contributed by atoms with Crippen LogP contribution in [0.2, 0.25) is 0 Å². The third kappa shape index (κ3) is 4.81. The van der Waals surface area contributed by atoms with Gasteiger partial charge in [-0.15, -0.1) is 0 Å². The number of rotatable bonds is 6. The van der Waals surface area contributed by atoms with Crippen molar-refractivity contribution < 1.29 is 28.9 Å². The molecular formula is C31H45F2NO4. The molecule has 0 heterocycles. The van der Waals surface area contributed by atoms with E-state index in [9.17, 15) is 28.9 Å². The van der Waals surface area contributed by atoms with Gasteiger partial charge in [0.2, 0.25) is 5.91 Å². The Morgan fingerprint density at radius 3 is 2.45 bits per heavy atom. The fraction of sp³-hybridized carbons (Fsp3) is 0.774. The molecule has 11 atom stereocenters. The molecule has 1 aromatic carbocycles. The average Bonchev–Trinajstić information content (AvgIpc) is 3.21. The summed E-state index contributed by atoms with van der Waals surface area (Å²) < 4.78 is 26.9. The highest BCUT2D eigenvalue weighted by atomic mass is 19.1. The Balaban J connectivity index is 1.23. The molecule has 4 aliphatic rings. The minimum Gasteiger partial charge on any atom is -0.393 e. The van der Waals surface area contributed by atoms with E-state index in [2.05, 4.69) is 26.1 Å². The quantitative estimate of drug-likeness (QED) is 0.416. The number of fused-ring (bicyclic) bond motifs is 5. The van der Waals surface area contributed by atoms with Crippen LogP contribution in [0.1, 0.15) is 84.1 Å². The summed E-state index contributed by atoms with van der Waals surface area (Å²) in [6, 6.07) is 3.26. The van der Waals surface area contributed by atoms with Crippen molar-refractivity contribution in [3.63, 3.8) is 0 Å². The fourth-order valence-electron chi connectivity index (χ4n) is 9.69. The van der Waals surface area contributed by atoms with Crippen LogP contribution >= 0.6 is 0 Å². The van der Waals surface area contributed by atoms with Crippen molar-refractivity contribution >= 4 is 5.91 Å². The summed E-state index contributed by atoms with van der Waals surface area (Å²) in [4.78, 5) is 12.6. The molecule has 1 amide bonds. The van der Waals surface area contributed by atoms with E-state index in [1.807, 2.05) is 0 Å². The largest absolute Gasteiger partial charge is 0.393 e. The minimum absolute atomic E-state index is 0.0534. The summed E-state index contributed by atoms with van der Waals surface area (Å²) in [5.41, 5.74) is 0.149. The molecule has 0 bridgehead atoms. The molecule has 4 saturated carbocycles. The van der Waals surface area contributed by atoms with Crippen LogP contribution in [0, 0.1) is 58.0 Å². The van der Waals surface area contributed by atoms with E-state index in [0.717, 1.165) is 44.6 Å². The smallest absolute Gasteiger partial charge is 0.220 e. The Kier molecular flexibility index (Phi) is 7.69. The van der Waals surface area contributed by atoms with E-state index in [0.29, 0.717) is 30.7 Å². The lowest BCUT2D eigenvalue weighted by molar-refractivity contribution is -0.207. The van der Waals surface area contributed by atoms with Gasteiger partial charge in [0.05, 0.1) is 18.3 Å². The van der Waals surface area contributed by atoms with Gasteiger partial charge in [0.25, 0.3) is 0 Å². The van der Waals surface area contributed by atoms with Gasteiger partial charge < -0.3 is 20.6 Å². The zero-order valence-electron chi connectivity index (χ0n) is 23.0. The summed E-state index contributed by atoms with van der Waals surface area (Å²) in [7, 11) is 0. The molecule has 4 fully saturated rings. The number of halogens is 2. The number of carbonyl (C=O) groups excluding carboxylic acids is 1. The van der Waals surface area contributed by atoms with Gasteiger partial charge in [-0.1, -0.05) is 20.8 Å². The van der Waals surface area contributed by atoms with E-state index in [1.54, 1.807) is 0 Å². The average molecular weight is 534 g/mol. The fourth-order valence-corrected chi connectivity index (χ4v) is 9.69. The second-order valence-corrected chi connectivity index (χ2v) is 13.6. The number of carbonyl (C=O) groups is 1. The van der Waals surface area contributed by atoms with Gasteiger partial charge in [-0.25, -0.2) is 8.78 Å². The van der Waals surface area contributed by atoms with Crippen LogP contribution in [0.5, 0.6) is 0 Å². The van der Waals surface area contributed by atoms with Crippen LogP contribution in [0.15, 0.2) is 18.2 Å². The first-order valence-corrected chi connectivity index (χ1v) is 14.7. The van der Waals surface area contributed by atoms with Crippen molar-refractivity contribution in [1.82, 2.24) is 5.32 Å². The zero-order chi connectivity index (χ0) is 27.4. The van der Waals surface area contributed by atoms with Crippen molar-refractivity contribution in [2.45, 2.75) is 103 Å². The summed E-state index contributed by atoms with van der Waals surface area (Å²) in [5.74, 6) is 0.0187. The SMILES string of the molecule is C[C@H](CCC(=O)NCc1cc(F)cc(F)c1)[C@H]1CCC2C3C(C[C@H](O)[C@@]21C)[C@@]1(C)CC[C@@H](O)CC1C[C@H]3O. The molecule has 0 radical (unpaired) electrons. The van der Waals surface area contributed by atoms with Crippen molar-refractivity contribution in [3.05, 3.63) is 35.4 Å². The van der Waals surface area contributed by atoms with E-state index in [-0.39, 0.29) is 59.0 Å². The summed E-state index contributed by atoms with van der Waals surface area (Å²) in [6.07, 6.45) is 5.81. The van der Waals surface area contributed by atoms with Crippen molar-refractivity contribution in [2.75, 3.05) is 0 Å². The number of hydrogen-bond acceptors (Lipinski definition) is 4. The lowest BCUT2D eigenvalue weighted by Gasteiger charge is -2.63. The number of aliphatic hydroxyl groups excluding tert-OH is 3. The second kappa shape index (κ2) is 10.4. The lowest BCUT2D eigenvalue weighted by Crippen LogP contribution is -2.62. The summed E-state index contributed by atoms with van der Waals surface area (Å²) in [5, 5.41) is 36.2. The molecule has 5 rings (SSSR count). The van der Waals surface area contributed by atoms with Crippen LogP contribution in [-0.4, -0.2) is 39.5 Å². The van der Waals surface area contributed by atoms with Gasteiger partial charge >= 0.3 is 0 Å². The number of aliphatic hydroxyl groups is 3. The van der Waals surface area contributed by atoms with Crippen LogP contribution in [0.3, 0.4) is 0 Å². The summed E-state index contributed by atoms with van der Waals surface area (Å²) >= 11 is 0. The topological polar surface area (TPSA) is 89.8 Å². The van der Waals surface area contributed by atoms with Crippen molar-refractivity contribution in [3.8, 4) is 0 Å². The Hall–Kier alpha value is -1.57. The molecule has 0 spiro atoms. The molecule has 0 aromatic heterocycles. The molecule has 5 nitrogen and oxygen atoms in total. The van der Waals surface area contributed by atoms with Crippen LogP contribution in [-0.2, 0) is 11.3 Å². The van der Waals surface area contributed by atoms with Gasteiger partial charge in [-0.3, -0.25) is 4.79 Å². The second-order valence-electron chi connectivity index (χ2n) is 13.6. The highest BCUT2D eigenvalue weighted by molar-refractivity contribution is 5.75. The predicted molar refractivity (Wildman–Crippen MR) is 141 cm³/mol. The maximum atomic E-state index is 13.4. The molecule has 4 N–H and O–H groups in total. The normalized spacial score (nSPS) is 43.1. The zero-order valence-corrected chi connectivity index (χ0v) is 23.0. The number of nitrogens with one attached hydrogen (secondary N) is 1. The molecule has 38 heavy (non-hydrogen) atoms. The Bertz CT molecular complexity index is 1020. The monoisotopic (exact) mass is 533 g/mol. The molecule has 212 valence electrons. The molecular weight excluding hydrogens is 488 g/mol. The Labute approximate surface area is 225 Å². The first-order valence-electron chi connectivity index (χ1n) is 14.7. The predicted octanol–water partition coefficient (Wildman–Crippen LogP) is 4.96. The summed E-state index contributed by atoms with van der Waals surface area (Å²) in [6.45, 7) is 6.82. The highest BCUT2D eigenvalue weighted by Crippen LogP contribution is 2.68. The standard InChI is InChI=1S/C31H45F2NO4/c1-17(4-7-28(38)34-16-18-10-20(32)14-21(33)11-18)23-5-6-24-29-25(15-27(37)31(23,24)3)30(2)9-8-22(35)12-19(30)13-26(29)36/h10-11,14,17,19,22-27,29,35-37H,4-9,12-13,15-16H2,1-3H3,(H,34,38)/t17-,19?,22-,23-,24?,25?,26-,27+,29?,30+,31-/m1/s1. The maximum Gasteiger partial charge on any atom is 0.220 e. The highest BCUT2D eigenvalue weighted by Gasteiger charge is 2.65. The Morgan fingerprint density at radius 1 is 1.03 bits per heavy atom. The van der Waals surface area contributed by atoms with Gasteiger partial charge in [-0.05, 0) is 115 Å². The van der Waals surface area contributed by atoms with Gasteiger partial charge in [0, 0.05) is 19.0 Å². The van der Waals surface area contributed by atoms with Gasteiger partial charge in [-0.2, -0.15) is 0 Å². The molecule has 1 aromatic rings. The molecule has 0 aliphatic heterocycles. The van der Waals surface area contributed by atoms with E-state index in [4.69, 9.17) is 0 Å². The van der Waals surface area contributed by atoms with E-state index in [1.165, 1.54) is 12.1 Å². The molecule has 4 unspecified atom stereocenters. The molecule has 7 heteroatoms. The third-order valence-corrected chi connectivity index (χ3v) is 11.8. The van der Waals surface area contributed by atoms with Gasteiger partial charge in [0.15, 0.2) is 0 Å². The molecule has 4 aliphatic carbocycles. The van der Waals surface area contributed by atoms with Gasteiger partial charge in [0.1, 0.15) is 11.6 Å². The van der Waals surface area contributed by atoms with E-state index >= 15 is 0 Å². The number of hydrogen-bond donors (Lipinski definition) is 4. The van der Waals surface area contributed by atoms with Crippen LogP contribution in [0.4, 0.5) is 8.78 Å². The molecule has 0 saturated heterocycles. The lowest BCUT2D eigenvalue weighted by atomic mass is 9.43. The van der Waals surface area contributed by atoms with Crippen LogP contribution < -0.4 is 5.32 Å². The minimum atomic E-state index is -0.658. The number of benzene rings is 1. The van der Waals surface area contributed by atoms with Crippen molar-refractivity contribution in [2.24, 2.45) is 46.3 Å². The maximum absolute atomic E-state index is 13.4. The van der Waals surface area contributed by atoms with Crippen LogP contribution in [0.25, 0.3) is 0 Å². The third-order valence-electron chi connectivity index (χ3n) is 11.8.